The van der Waals surface area contributed by atoms with Crippen molar-refractivity contribution in [2.24, 2.45) is 0 Å². The Hall–Kier alpha value is -1.38. The van der Waals surface area contributed by atoms with Crippen LogP contribution in [0.5, 0.6) is 5.75 Å². The molecule has 0 bridgehead atoms. The predicted molar refractivity (Wildman–Crippen MR) is 90.7 cm³/mol. The first-order chi connectivity index (χ1) is 10.1. The molecule has 4 heteroatoms. The molecule has 0 heterocycles. The molecule has 0 aromatic heterocycles. The van der Waals surface area contributed by atoms with Crippen molar-refractivity contribution in [2.75, 3.05) is 11.9 Å². The summed E-state index contributed by atoms with van der Waals surface area (Å²) in [5.74, 6) is 0.815. The fraction of sp³-hybridized carbons (Fsp3) is 0.294. The van der Waals surface area contributed by atoms with E-state index in [9.17, 15) is 0 Å². The third-order valence-electron chi connectivity index (χ3n) is 3.12. The maximum absolute atomic E-state index is 6.09. The van der Waals surface area contributed by atoms with Crippen LogP contribution in [0.1, 0.15) is 31.9 Å². The number of anilines is 1. The highest BCUT2D eigenvalue weighted by molar-refractivity contribution is 6.31. The van der Waals surface area contributed by atoms with Crippen molar-refractivity contribution in [1.29, 1.82) is 0 Å². The zero-order valence-corrected chi connectivity index (χ0v) is 13.7. The molecule has 21 heavy (non-hydrogen) atoms. The van der Waals surface area contributed by atoms with E-state index in [0.717, 1.165) is 28.4 Å². The maximum atomic E-state index is 6.09. The Bertz CT molecular complexity index is 601. The van der Waals surface area contributed by atoms with Crippen molar-refractivity contribution in [3.8, 4) is 5.75 Å². The molecule has 0 saturated carbocycles. The lowest BCUT2D eigenvalue weighted by atomic mass is 10.1. The van der Waals surface area contributed by atoms with Crippen molar-refractivity contribution < 1.29 is 4.74 Å². The lowest BCUT2D eigenvalue weighted by Crippen LogP contribution is -2.08. The third kappa shape index (κ3) is 4.55. The molecule has 0 amide bonds. The highest BCUT2D eigenvalue weighted by atomic mass is 35.5. The zero-order chi connectivity index (χ0) is 15.2. The van der Waals surface area contributed by atoms with Gasteiger partial charge in [0.05, 0.1) is 12.3 Å². The second kappa shape index (κ2) is 7.58. The molecule has 112 valence electrons. The second-order valence-corrected chi connectivity index (χ2v) is 5.78. The predicted octanol–water partition coefficient (Wildman–Crippen LogP) is 5.96. The van der Waals surface area contributed by atoms with Gasteiger partial charge in [-0.1, -0.05) is 42.3 Å². The summed E-state index contributed by atoms with van der Waals surface area (Å²) >= 11 is 12.1. The zero-order valence-electron chi connectivity index (χ0n) is 12.2. The summed E-state index contributed by atoms with van der Waals surface area (Å²) in [5, 5.41) is 4.85. The number of nitrogens with one attached hydrogen (secondary N) is 1. The van der Waals surface area contributed by atoms with Gasteiger partial charge in [0.25, 0.3) is 0 Å². The summed E-state index contributed by atoms with van der Waals surface area (Å²) in [6, 6.07) is 13.5. The largest absolute Gasteiger partial charge is 0.491 e. The molecular formula is C17H19Cl2NO. The van der Waals surface area contributed by atoms with Gasteiger partial charge in [-0.15, -0.1) is 0 Å². The van der Waals surface area contributed by atoms with Gasteiger partial charge in [0.1, 0.15) is 5.75 Å². The second-order valence-electron chi connectivity index (χ2n) is 4.91. The first-order valence-corrected chi connectivity index (χ1v) is 7.80. The normalized spacial score (nSPS) is 12.0. The van der Waals surface area contributed by atoms with Gasteiger partial charge in [0, 0.05) is 16.1 Å². The van der Waals surface area contributed by atoms with Crippen LogP contribution in [0.4, 0.5) is 5.69 Å². The van der Waals surface area contributed by atoms with Crippen LogP contribution in [-0.2, 0) is 0 Å². The molecule has 0 aliphatic carbocycles. The van der Waals surface area contributed by atoms with E-state index in [4.69, 9.17) is 27.9 Å². The molecule has 0 fully saturated rings. The Balaban J connectivity index is 2.19. The van der Waals surface area contributed by atoms with E-state index in [-0.39, 0.29) is 6.04 Å². The number of benzene rings is 2. The van der Waals surface area contributed by atoms with E-state index in [0.29, 0.717) is 11.6 Å². The van der Waals surface area contributed by atoms with Crippen LogP contribution in [0.3, 0.4) is 0 Å². The quantitative estimate of drug-likeness (QED) is 0.708. The van der Waals surface area contributed by atoms with Gasteiger partial charge < -0.3 is 10.1 Å². The van der Waals surface area contributed by atoms with Crippen LogP contribution < -0.4 is 10.1 Å². The van der Waals surface area contributed by atoms with Crippen LogP contribution in [0.25, 0.3) is 0 Å². The first-order valence-electron chi connectivity index (χ1n) is 7.04. The van der Waals surface area contributed by atoms with E-state index in [1.807, 2.05) is 42.5 Å². The highest BCUT2D eigenvalue weighted by Crippen LogP contribution is 2.31. The molecule has 0 aliphatic heterocycles. The van der Waals surface area contributed by atoms with E-state index < -0.39 is 0 Å². The molecule has 2 nitrogen and oxygen atoms in total. The van der Waals surface area contributed by atoms with Crippen molar-refractivity contribution in [2.45, 2.75) is 26.3 Å². The van der Waals surface area contributed by atoms with Gasteiger partial charge in [-0.05, 0) is 49.2 Å². The summed E-state index contributed by atoms with van der Waals surface area (Å²) in [7, 11) is 0. The summed E-state index contributed by atoms with van der Waals surface area (Å²) in [6.45, 7) is 4.84. The molecule has 1 N–H and O–H groups in total. The molecule has 0 radical (unpaired) electrons. The standard InChI is InChI=1S/C17H19Cl2NO/c1-3-9-21-17-8-7-15(19)11-16(17)20-12(2)13-5-4-6-14(18)10-13/h4-8,10-12,20H,3,9H2,1-2H3. The minimum Gasteiger partial charge on any atom is -0.491 e. The number of rotatable bonds is 6. The Kier molecular flexibility index (Phi) is 5.77. The van der Waals surface area contributed by atoms with Crippen molar-refractivity contribution >= 4 is 28.9 Å². The van der Waals surface area contributed by atoms with E-state index in [1.54, 1.807) is 0 Å². The molecule has 1 atom stereocenters. The van der Waals surface area contributed by atoms with Gasteiger partial charge >= 0.3 is 0 Å². The van der Waals surface area contributed by atoms with Gasteiger partial charge in [0.15, 0.2) is 0 Å². The van der Waals surface area contributed by atoms with Gasteiger partial charge in [-0.25, -0.2) is 0 Å². The monoisotopic (exact) mass is 323 g/mol. The van der Waals surface area contributed by atoms with E-state index in [2.05, 4.69) is 19.2 Å². The van der Waals surface area contributed by atoms with Crippen molar-refractivity contribution in [3.05, 3.63) is 58.1 Å². The smallest absolute Gasteiger partial charge is 0.142 e. The summed E-state index contributed by atoms with van der Waals surface area (Å²) in [5.41, 5.74) is 2.01. The summed E-state index contributed by atoms with van der Waals surface area (Å²) in [4.78, 5) is 0. The molecule has 0 spiro atoms. The van der Waals surface area contributed by atoms with Crippen molar-refractivity contribution in [1.82, 2.24) is 0 Å². The van der Waals surface area contributed by atoms with Crippen LogP contribution in [-0.4, -0.2) is 6.61 Å². The number of hydrogen-bond donors (Lipinski definition) is 1. The fourth-order valence-corrected chi connectivity index (χ4v) is 2.42. The van der Waals surface area contributed by atoms with Gasteiger partial charge in [-0.2, -0.15) is 0 Å². The van der Waals surface area contributed by atoms with Crippen LogP contribution >= 0.6 is 23.2 Å². The average molecular weight is 324 g/mol. The minimum absolute atomic E-state index is 0.103. The van der Waals surface area contributed by atoms with E-state index >= 15 is 0 Å². The highest BCUT2D eigenvalue weighted by Gasteiger charge is 2.10. The lowest BCUT2D eigenvalue weighted by molar-refractivity contribution is 0.318. The van der Waals surface area contributed by atoms with Gasteiger partial charge in [-0.3, -0.25) is 0 Å². The average Bonchev–Trinajstić information content (AvgIpc) is 2.46. The number of hydrogen-bond acceptors (Lipinski definition) is 2. The van der Waals surface area contributed by atoms with Crippen molar-refractivity contribution in [3.63, 3.8) is 0 Å². The molecular weight excluding hydrogens is 305 g/mol. The maximum Gasteiger partial charge on any atom is 0.142 e. The van der Waals surface area contributed by atoms with Crippen LogP contribution in [0, 0.1) is 0 Å². The molecule has 2 aromatic carbocycles. The summed E-state index contributed by atoms with van der Waals surface area (Å²) < 4.78 is 5.75. The Morgan fingerprint density at radius 1 is 1.10 bits per heavy atom. The SMILES string of the molecule is CCCOc1ccc(Cl)cc1NC(C)c1cccc(Cl)c1. The lowest BCUT2D eigenvalue weighted by Gasteiger charge is -2.19. The molecule has 2 aromatic rings. The Labute approximate surface area is 136 Å². The number of ether oxygens (including phenoxy) is 1. The molecule has 0 saturated heterocycles. The minimum atomic E-state index is 0.103. The molecule has 2 rings (SSSR count). The van der Waals surface area contributed by atoms with Crippen LogP contribution in [0.2, 0.25) is 10.0 Å². The van der Waals surface area contributed by atoms with Crippen LogP contribution in [0.15, 0.2) is 42.5 Å². The van der Waals surface area contributed by atoms with Gasteiger partial charge in [0.2, 0.25) is 0 Å². The van der Waals surface area contributed by atoms with E-state index in [1.165, 1.54) is 0 Å². The topological polar surface area (TPSA) is 21.3 Å². The fourth-order valence-electron chi connectivity index (χ4n) is 2.05. The first kappa shape index (κ1) is 16.0. The molecule has 1 unspecified atom stereocenters. The Morgan fingerprint density at radius 2 is 1.86 bits per heavy atom. The Morgan fingerprint density at radius 3 is 2.57 bits per heavy atom. The summed E-state index contributed by atoms with van der Waals surface area (Å²) in [6.07, 6.45) is 0.964. The third-order valence-corrected chi connectivity index (χ3v) is 3.59. The molecule has 0 aliphatic rings. The number of halogens is 2.